The molecule has 0 bridgehead atoms. The van der Waals surface area contributed by atoms with Crippen LogP contribution in [0.25, 0.3) is 0 Å². The Morgan fingerprint density at radius 1 is 1.19 bits per heavy atom. The van der Waals surface area contributed by atoms with Crippen LogP contribution in [0.1, 0.15) is 40.5 Å². The summed E-state index contributed by atoms with van der Waals surface area (Å²) in [5.41, 5.74) is 0. The standard InChI is InChI=1S/C11H24ClNO2S/c1-5-11(6-2)13(8-7-12)16(14,15)9-10(3)4/h10-11H,5-9H2,1-4H3. The van der Waals surface area contributed by atoms with Gasteiger partial charge in [0.1, 0.15) is 0 Å². The number of halogens is 1. The summed E-state index contributed by atoms with van der Waals surface area (Å²) in [4.78, 5) is 0. The lowest BCUT2D eigenvalue weighted by Gasteiger charge is -2.29. The molecular weight excluding hydrogens is 246 g/mol. The van der Waals surface area contributed by atoms with Gasteiger partial charge < -0.3 is 0 Å². The van der Waals surface area contributed by atoms with E-state index < -0.39 is 10.0 Å². The van der Waals surface area contributed by atoms with E-state index in [4.69, 9.17) is 11.6 Å². The molecule has 5 heteroatoms. The Bertz CT molecular complexity index is 274. The summed E-state index contributed by atoms with van der Waals surface area (Å²) in [6, 6.07) is 0.0856. The zero-order valence-corrected chi connectivity index (χ0v) is 12.3. The van der Waals surface area contributed by atoms with Crippen LogP contribution < -0.4 is 0 Å². The Labute approximate surface area is 105 Å². The van der Waals surface area contributed by atoms with Gasteiger partial charge in [0.25, 0.3) is 0 Å². The highest BCUT2D eigenvalue weighted by atomic mass is 35.5. The van der Waals surface area contributed by atoms with Crippen LogP contribution in [0, 0.1) is 5.92 Å². The Morgan fingerprint density at radius 2 is 1.69 bits per heavy atom. The highest BCUT2D eigenvalue weighted by molar-refractivity contribution is 7.89. The van der Waals surface area contributed by atoms with Crippen molar-refractivity contribution in [3.05, 3.63) is 0 Å². The van der Waals surface area contributed by atoms with E-state index in [9.17, 15) is 8.42 Å². The molecule has 3 nitrogen and oxygen atoms in total. The molecular formula is C11H24ClNO2S. The lowest BCUT2D eigenvalue weighted by Crippen LogP contribution is -2.43. The smallest absolute Gasteiger partial charge is 0.212 e. The molecule has 0 saturated heterocycles. The van der Waals surface area contributed by atoms with Gasteiger partial charge in [-0.1, -0.05) is 27.7 Å². The largest absolute Gasteiger partial charge is 0.214 e. The summed E-state index contributed by atoms with van der Waals surface area (Å²) < 4.78 is 25.9. The summed E-state index contributed by atoms with van der Waals surface area (Å²) in [6.07, 6.45) is 1.68. The van der Waals surface area contributed by atoms with Crippen molar-refractivity contribution in [2.75, 3.05) is 18.2 Å². The van der Waals surface area contributed by atoms with Gasteiger partial charge in [-0.25, -0.2) is 8.42 Å². The molecule has 0 unspecified atom stereocenters. The van der Waals surface area contributed by atoms with E-state index in [0.717, 1.165) is 12.8 Å². The van der Waals surface area contributed by atoms with E-state index >= 15 is 0 Å². The van der Waals surface area contributed by atoms with Gasteiger partial charge in [0, 0.05) is 18.5 Å². The molecule has 0 fully saturated rings. The molecule has 0 amide bonds. The minimum Gasteiger partial charge on any atom is -0.212 e. The Balaban J connectivity index is 4.88. The first-order valence-electron chi connectivity index (χ1n) is 5.94. The molecule has 0 rings (SSSR count). The quantitative estimate of drug-likeness (QED) is 0.636. The first kappa shape index (κ1) is 16.2. The first-order chi connectivity index (χ1) is 7.38. The second-order valence-electron chi connectivity index (χ2n) is 4.44. The third kappa shape index (κ3) is 5.02. The lowest BCUT2D eigenvalue weighted by molar-refractivity contribution is 0.315. The van der Waals surface area contributed by atoms with Gasteiger partial charge in [0.2, 0.25) is 10.0 Å². The van der Waals surface area contributed by atoms with E-state index in [2.05, 4.69) is 0 Å². The van der Waals surface area contributed by atoms with Crippen molar-refractivity contribution in [2.24, 2.45) is 5.92 Å². The minimum atomic E-state index is -3.16. The molecule has 0 aliphatic rings. The molecule has 0 saturated carbocycles. The average molecular weight is 270 g/mol. The van der Waals surface area contributed by atoms with Gasteiger partial charge in [0.15, 0.2) is 0 Å². The Hall–Kier alpha value is 0.200. The first-order valence-corrected chi connectivity index (χ1v) is 8.08. The van der Waals surface area contributed by atoms with Crippen molar-refractivity contribution in [2.45, 2.75) is 46.6 Å². The fourth-order valence-electron chi connectivity index (χ4n) is 1.85. The maximum absolute atomic E-state index is 12.2. The van der Waals surface area contributed by atoms with Crippen molar-refractivity contribution >= 4 is 21.6 Å². The van der Waals surface area contributed by atoms with Crippen molar-refractivity contribution in [3.63, 3.8) is 0 Å². The lowest BCUT2D eigenvalue weighted by atomic mass is 10.2. The molecule has 0 spiro atoms. The second kappa shape index (κ2) is 7.51. The molecule has 0 aromatic rings. The van der Waals surface area contributed by atoms with E-state index in [0.29, 0.717) is 12.4 Å². The number of alkyl halides is 1. The zero-order chi connectivity index (χ0) is 12.8. The third-order valence-electron chi connectivity index (χ3n) is 2.56. The van der Waals surface area contributed by atoms with E-state index in [1.807, 2.05) is 27.7 Å². The molecule has 0 atom stereocenters. The molecule has 0 heterocycles. The van der Waals surface area contributed by atoms with Crippen LogP contribution in [0.3, 0.4) is 0 Å². The van der Waals surface area contributed by atoms with Crippen LogP contribution in [-0.4, -0.2) is 36.9 Å². The molecule has 0 aliphatic heterocycles. The summed E-state index contributed by atoms with van der Waals surface area (Å²) >= 11 is 5.69. The number of nitrogens with zero attached hydrogens (tertiary/aromatic N) is 1. The molecule has 0 aromatic carbocycles. The summed E-state index contributed by atoms with van der Waals surface area (Å²) in [5, 5.41) is 0. The van der Waals surface area contributed by atoms with Crippen molar-refractivity contribution in [1.29, 1.82) is 0 Å². The van der Waals surface area contributed by atoms with Crippen LogP contribution >= 0.6 is 11.6 Å². The second-order valence-corrected chi connectivity index (χ2v) is 6.79. The average Bonchev–Trinajstić information content (AvgIpc) is 2.16. The maximum Gasteiger partial charge on any atom is 0.214 e. The van der Waals surface area contributed by atoms with Crippen molar-refractivity contribution in [3.8, 4) is 0 Å². The number of hydrogen-bond donors (Lipinski definition) is 0. The van der Waals surface area contributed by atoms with Crippen molar-refractivity contribution < 1.29 is 8.42 Å². The van der Waals surface area contributed by atoms with Crippen molar-refractivity contribution in [1.82, 2.24) is 4.31 Å². The number of hydrogen-bond acceptors (Lipinski definition) is 2. The van der Waals surface area contributed by atoms with Gasteiger partial charge >= 0.3 is 0 Å². The molecule has 0 N–H and O–H groups in total. The maximum atomic E-state index is 12.2. The highest BCUT2D eigenvalue weighted by Gasteiger charge is 2.27. The summed E-state index contributed by atoms with van der Waals surface area (Å²) in [7, 11) is -3.16. The Morgan fingerprint density at radius 3 is 2.00 bits per heavy atom. The van der Waals surface area contributed by atoms with Gasteiger partial charge in [-0.05, 0) is 18.8 Å². The molecule has 16 heavy (non-hydrogen) atoms. The minimum absolute atomic E-state index is 0.0856. The van der Waals surface area contributed by atoms with Crippen LogP contribution in [0.4, 0.5) is 0 Å². The van der Waals surface area contributed by atoms with E-state index in [1.54, 1.807) is 4.31 Å². The fourth-order valence-corrected chi connectivity index (χ4v) is 4.28. The van der Waals surface area contributed by atoms with Gasteiger partial charge in [-0.15, -0.1) is 11.6 Å². The van der Waals surface area contributed by atoms with Crippen LogP contribution in [0.5, 0.6) is 0 Å². The molecule has 98 valence electrons. The fraction of sp³-hybridized carbons (Fsp3) is 1.00. The van der Waals surface area contributed by atoms with E-state index in [-0.39, 0.29) is 17.7 Å². The van der Waals surface area contributed by atoms with Crippen LogP contribution in [-0.2, 0) is 10.0 Å². The number of rotatable bonds is 8. The number of sulfonamides is 1. The third-order valence-corrected chi connectivity index (χ3v) is 5.01. The van der Waals surface area contributed by atoms with Gasteiger partial charge in [-0.2, -0.15) is 4.31 Å². The monoisotopic (exact) mass is 269 g/mol. The predicted octanol–water partition coefficient (Wildman–Crippen LogP) is 2.70. The van der Waals surface area contributed by atoms with E-state index in [1.165, 1.54) is 0 Å². The van der Waals surface area contributed by atoms with Crippen LogP contribution in [0.2, 0.25) is 0 Å². The zero-order valence-electron chi connectivity index (χ0n) is 10.7. The van der Waals surface area contributed by atoms with Gasteiger partial charge in [-0.3, -0.25) is 0 Å². The topological polar surface area (TPSA) is 37.4 Å². The van der Waals surface area contributed by atoms with Gasteiger partial charge in [0.05, 0.1) is 5.75 Å². The molecule has 0 radical (unpaired) electrons. The summed E-state index contributed by atoms with van der Waals surface area (Å²) in [6.45, 7) is 8.29. The SMILES string of the molecule is CCC(CC)N(CCCl)S(=O)(=O)CC(C)C. The normalized spacial score (nSPS) is 13.0. The molecule has 0 aromatic heterocycles. The molecule has 0 aliphatic carbocycles. The Kier molecular flexibility index (Phi) is 7.61. The van der Waals surface area contributed by atoms with Crippen LogP contribution in [0.15, 0.2) is 0 Å². The highest BCUT2D eigenvalue weighted by Crippen LogP contribution is 2.16. The predicted molar refractivity (Wildman–Crippen MR) is 70.4 cm³/mol. The summed E-state index contributed by atoms with van der Waals surface area (Å²) in [5.74, 6) is 0.714.